The first-order valence-corrected chi connectivity index (χ1v) is 11.2. The summed E-state index contributed by atoms with van der Waals surface area (Å²) in [6.07, 6.45) is 0.0410. The highest BCUT2D eigenvalue weighted by molar-refractivity contribution is 7.91. The summed E-state index contributed by atoms with van der Waals surface area (Å²) >= 11 is 1.25. The zero-order chi connectivity index (χ0) is 21.0. The van der Waals surface area contributed by atoms with E-state index < -0.39 is 27.5 Å². The number of thiophene rings is 1. The van der Waals surface area contributed by atoms with Crippen LogP contribution in [0, 0.1) is 5.82 Å². The van der Waals surface area contributed by atoms with Crippen molar-refractivity contribution < 1.29 is 27.1 Å². The Bertz CT molecular complexity index is 1150. The average molecular weight is 435 g/mol. The van der Waals surface area contributed by atoms with E-state index >= 15 is 0 Å². The van der Waals surface area contributed by atoms with Gasteiger partial charge in [0, 0.05) is 16.5 Å². The third-order valence-electron chi connectivity index (χ3n) is 4.23. The highest BCUT2D eigenvalue weighted by atomic mass is 32.2. The Morgan fingerprint density at radius 2 is 1.79 bits per heavy atom. The lowest BCUT2D eigenvalue weighted by Crippen LogP contribution is -2.15. The number of ether oxygens (including phenoxy) is 1. The van der Waals surface area contributed by atoms with Crippen LogP contribution < -0.4 is 5.32 Å². The summed E-state index contributed by atoms with van der Waals surface area (Å²) in [5.41, 5.74) is 0.278. The number of methoxy groups -OCH3 is 1. The van der Waals surface area contributed by atoms with E-state index in [2.05, 4.69) is 5.32 Å². The predicted molar refractivity (Wildman–Crippen MR) is 109 cm³/mol. The first-order chi connectivity index (χ1) is 13.8. The van der Waals surface area contributed by atoms with Crippen LogP contribution >= 0.6 is 11.3 Å². The normalized spacial score (nSPS) is 11.4. The fourth-order valence-corrected chi connectivity index (χ4v) is 5.23. The van der Waals surface area contributed by atoms with E-state index in [-0.39, 0.29) is 29.1 Å². The standard InChI is InChI=1S/C20H18FNO5S2/c1-27-20(24)18-15-5-2-3-6-16(15)28-19(18)22-17(23)7-4-12-29(25,26)14-10-8-13(21)9-11-14/h2-3,5-6,8-11H,4,7,12H2,1H3,(H,22,23). The molecule has 1 heterocycles. The van der Waals surface area contributed by atoms with Gasteiger partial charge in [0.05, 0.1) is 17.8 Å². The Morgan fingerprint density at radius 3 is 2.48 bits per heavy atom. The fourth-order valence-electron chi connectivity index (χ4n) is 2.81. The molecule has 0 aliphatic rings. The van der Waals surface area contributed by atoms with E-state index in [1.165, 1.54) is 30.6 Å². The van der Waals surface area contributed by atoms with Crippen LogP contribution in [0.2, 0.25) is 0 Å². The lowest BCUT2D eigenvalue weighted by Gasteiger charge is -2.07. The number of sulfone groups is 1. The van der Waals surface area contributed by atoms with Crippen LogP contribution in [0.25, 0.3) is 10.1 Å². The fraction of sp³-hybridized carbons (Fsp3) is 0.200. The van der Waals surface area contributed by atoms with Gasteiger partial charge in [-0.15, -0.1) is 11.3 Å². The second-order valence-corrected chi connectivity index (χ2v) is 9.38. The number of amides is 1. The Kier molecular flexibility index (Phi) is 6.29. The summed E-state index contributed by atoms with van der Waals surface area (Å²) in [5.74, 6) is -1.73. The predicted octanol–water partition coefficient (Wildman–Crippen LogP) is 4.02. The van der Waals surface area contributed by atoms with Crippen molar-refractivity contribution in [3.8, 4) is 0 Å². The second kappa shape index (κ2) is 8.71. The second-order valence-electron chi connectivity index (χ2n) is 6.22. The third-order valence-corrected chi connectivity index (χ3v) is 7.13. The third kappa shape index (κ3) is 4.80. The summed E-state index contributed by atoms with van der Waals surface area (Å²) < 4.78 is 43.1. The van der Waals surface area contributed by atoms with Crippen molar-refractivity contribution in [2.45, 2.75) is 17.7 Å². The van der Waals surface area contributed by atoms with E-state index in [0.717, 1.165) is 16.8 Å². The van der Waals surface area contributed by atoms with E-state index in [1.807, 2.05) is 12.1 Å². The molecule has 0 atom stereocenters. The molecule has 9 heteroatoms. The maximum absolute atomic E-state index is 13.0. The molecule has 6 nitrogen and oxygen atoms in total. The summed E-state index contributed by atoms with van der Waals surface area (Å²) in [5, 5.41) is 3.73. The van der Waals surface area contributed by atoms with E-state index in [9.17, 15) is 22.4 Å². The molecule has 0 bridgehead atoms. The zero-order valence-corrected chi connectivity index (χ0v) is 17.1. The van der Waals surface area contributed by atoms with Crippen molar-refractivity contribution in [3.05, 3.63) is 59.9 Å². The maximum Gasteiger partial charge on any atom is 0.341 e. The number of benzene rings is 2. The smallest absolute Gasteiger partial charge is 0.341 e. The first-order valence-electron chi connectivity index (χ1n) is 8.70. The molecular weight excluding hydrogens is 417 g/mol. The molecule has 1 amide bonds. The summed E-state index contributed by atoms with van der Waals surface area (Å²) in [6, 6.07) is 11.8. The molecule has 0 fully saturated rings. The molecular formula is C20H18FNO5S2. The van der Waals surface area contributed by atoms with Gasteiger partial charge in [-0.05, 0) is 36.8 Å². The van der Waals surface area contributed by atoms with Crippen molar-refractivity contribution in [1.82, 2.24) is 0 Å². The number of fused-ring (bicyclic) bond motifs is 1. The molecule has 3 rings (SSSR count). The van der Waals surface area contributed by atoms with Crippen LogP contribution in [0.1, 0.15) is 23.2 Å². The number of hydrogen-bond acceptors (Lipinski definition) is 6. The summed E-state index contributed by atoms with van der Waals surface area (Å²) in [7, 11) is -2.35. The monoisotopic (exact) mass is 435 g/mol. The van der Waals surface area contributed by atoms with E-state index in [4.69, 9.17) is 4.74 Å². The molecule has 0 spiro atoms. The van der Waals surface area contributed by atoms with Crippen LogP contribution in [0.3, 0.4) is 0 Å². The van der Waals surface area contributed by atoms with Crippen LogP contribution in [-0.4, -0.2) is 33.2 Å². The van der Waals surface area contributed by atoms with Crippen LogP contribution in [0.4, 0.5) is 9.39 Å². The van der Waals surface area contributed by atoms with Gasteiger partial charge in [0.25, 0.3) is 0 Å². The molecule has 2 aromatic carbocycles. The molecule has 1 aromatic heterocycles. The van der Waals surface area contributed by atoms with Gasteiger partial charge >= 0.3 is 5.97 Å². The molecule has 3 aromatic rings. The topological polar surface area (TPSA) is 89.5 Å². The van der Waals surface area contributed by atoms with Gasteiger partial charge in [0.15, 0.2) is 9.84 Å². The first kappa shape index (κ1) is 20.9. The van der Waals surface area contributed by atoms with Gasteiger partial charge in [0.2, 0.25) is 5.91 Å². The summed E-state index contributed by atoms with van der Waals surface area (Å²) in [6.45, 7) is 0. The largest absolute Gasteiger partial charge is 0.465 e. The average Bonchev–Trinajstić information content (AvgIpc) is 3.05. The lowest BCUT2D eigenvalue weighted by atomic mass is 10.1. The Hall–Kier alpha value is -2.78. The molecule has 0 saturated carbocycles. The lowest BCUT2D eigenvalue weighted by molar-refractivity contribution is -0.116. The van der Waals surface area contributed by atoms with Crippen LogP contribution in [0.5, 0.6) is 0 Å². The number of nitrogens with one attached hydrogen (secondary N) is 1. The van der Waals surface area contributed by atoms with E-state index in [0.29, 0.717) is 10.4 Å². The van der Waals surface area contributed by atoms with Crippen LogP contribution in [0.15, 0.2) is 53.4 Å². The number of hydrogen-bond donors (Lipinski definition) is 1. The number of carbonyl (C=O) groups excluding carboxylic acids is 2. The van der Waals surface area contributed by atoms with Crippen molar-refractivity contribution in [1.29, 1.82) is 0 Å². The zero-order valence-electron chi connectivity index (χ0n) is 15.5. The molecule has 0 aliphatic carbocycles. The van der Waals surface area contributed by atoms with Crippen molar-refractivity contribution in [2.75, 3.05) is 18.2 Å². The molecule has 0 radical (unpaired) electrons. The number of esters is 1. The van der Waals surface area contributed by atoms with E-state index in [1.54, 1.807) is 12.1 Å². The van der Waals surface area contributed by atoms with Crippen molar-refractivity contribution in [3.63, 3.8) is 0 Å². The molecule has 0 aliphatic heterocycles. The molecule has 152 valence electrons. The molecule has 0 saturated heterocycles. The quantitative estimate of drug-likeness (QED) is 0.447. The Morgan fingerprint density at radius 1 is 1.10 bits per heavy atom. The van der Waals surface area contributed by atoms with Gasteiger partial charge in [-0.1, -0.05) is 18.2 Å². The minimum atomic E-state index is -3.61. The summed E-state index contributed by atoms with van der Waals surface area (Å²) in [4.78, 5) is 24.5. The SMILES string of the molecule is COC(=O)c1c(NC(=O)CCCS(=O)(=O)c2ccc(F)cc2)sc2ccccc12. The highest BCUT2D eigenvalue weighted by Gasteiger charge is 2.21. The minimum absolute atomic E-state index is 0.0109. The molecule has 0 unspecified atom stereocenters. The number of rotatable bonds is 7. The van der Waals surface area contributed by atoms with Gasteiger partial charge in [-0.2, -0.15) is 0 Å². The Balaban J connectivity index is 1.67. The molecule has 29 heavy (non-hydrogen) atoms. The van der Waals surface area contributed by atoms with Gasteiger partial charge in [0.1, 0.15) is 16.4 Å². The number of carbonyl (C=O) groups is 2. The minimum Gasteiger partial charge on any atom is -0.465 e. The van der Waals surface area contributed by atoms with Gasteiger partial charge in [-0.3, -0.25) is 4.79 Å². The van der Waals surface area contributed by atoms with Crippen molar-refractivity contribution >= 4 is 48.1 Å². The van der Waals surface area contributed by atoms with Crippen LogP contribution in [-0.2, 0) is 19.4 Å². The van der Waals surface area contributed by atoms with Gasteiger partial charge in [-0.25, -0.2) is 17.6 Å². The number of halogens is 1. The maximum atomic E-state index is 13.0. The van der Waals surface area contributed by atoms with Crippen molar-refractivity contribution in [2.24, 2.45) is 0 Å². The highest BCUT2D eigenvalue weighted by Crippen LogP contribution is 2.36. The number of anilines is 1. The van der Waals surface area contributed by atoms with Gasteiger partial charge < -0.3 is 10.1 Å². The Labute approximate surface area is 171 Å². The molecule has 1 N–H and O–H groups in total.